The van der Waals surface area contributed by atoms with Gasteiger partial charge in [-0.25, -0.2) is 9.18 Å². The first-order valence-corrected chi connectivity index (χ1v) is 5.89. The quantitative estimate of drug-likeness (QED) is 0.903. The lowest BCUT2D eigenvalue weighted by Gasteiger charge is -2.08. The maximum atomic E-state index is 13.1. The van der Waals surface area contributed by atoms with Crippen molar-refractivity contribution in [2.45, 2.75) is 6.92 Å². The number of amides is 1. The molecule has 2 aromatic rings. The van der Waals surface area contributed by atoms with E-state index in [0.29, 0.717) is 5.56 Å². The van der Waals surface area contributed by atoms with E-state index in [9.17, 15) is 14.0 Å². The average Bonchev–Trinajstić information content (AvgIpc) is 2.42. The molecule has 1 amide bonds. The van der Waals surface area contributed by atoms with Crippen LogP contribution in [0.15, 0.2) is 42.5 Å². The molecule has 4 nitrogen and oxygen atoms in total. The van der Waals surface area contributed by atoms with E-state index in [1.54, 1.807) is 19.1 Å². The number of carboxylic acid groups (broad SMARTS) is 1. The van der Waals surface area contributed by atoms with Crippen LogP contribution in [0, 0.1) is 12.7 Å². The summed E-state index contributed by atoms with van der Waals surface area (Å²) in [6.45, 7) is 1.55. The average molecular weight is 273 g/mol. The van der Waals surface area contributed by atoms with Gasteiger partial charge in [0, 0.05) is 5.56 Å². The second-order valence-corrected chi connectivity index (χ2v) is 4.27. The molecule has 0 aliphatic carbocycles. The molecular weight excluding hydrogens is 261 g/mol. The highest BCUT2D eigenvalue weighted by Crippen LogP contribution is 2.17. The summed E-state index contributed by atoms with van der Waals surface area (Å²) in [4.78, 5) is 23.1. The highest BCUT2D eigenvalue weighted by molar-refractivity contribution is 6.07. The lowest BCUT2D eigenvalue weighted by Crippen LogP contribution is -2.15. The Kier molecular flexibility index (Phi) is 3.79. The SMILES string of the molecule is Cc1cc(C(=O)Nc2ccccc2C(=O)O)ccc1F. The first kappa shape index (κ1) is 13.7. The minimum absolute atomic E-state index is 0.000293. The summed E-state index contributed by atoms with van der Waals surface area (Å²) in [6, 6.07) is 10.0. The number of hydrogen-bond donors (Lipinski definition) is 2. The van der Waals surface area contributed by atoms with E-state index in [4.69, 9.17) is 5.11 Å². The smallest absolute Gasteiger partial charge is 0.337 e. The van der Waals surface area contributed by atoms with E-state index in [0.717, 1.165) is 0 Å². The largest absolute Gasteiger partial charge is 0.478 e. The summed E-state index contributed by atoms with van der Waals surface area (Å²) in [5.74, 6) is -2.01. The van der Waals surface area contributed by atoms with Crippen LogP contribution in [0.25, 0.3) is 0 Å². The Morgan fingerprint density at radius 3 is 2.50 bits per heavy atom. The second-order valence-electron chi connectivity index (χ2n) is 4.27. The molecular formula is C15H12FNO3. The third kappa shape index (κ3) is 2.83. The molecule has 0 saturated heterocycles. The van der Waals surface area contributed by atoms with E-state index >= 15 is 0 Å². The van der Waals surface area contributed by atoms with E-state index in [-0.39, 0.29) is 16.8 Å². The van der Waals surface area contributed by atoms with Gasteiger partial charge in [0.2, 0.25) is 0 Å². The molecule has 102 valence electrons. The predicted octanol–water partition coefficient (Wildman–Crippen LogP) is 3.08. The fourth-order valence-corrected chi connectivity index (χ4v) is 1.76. The number of carbonyl (C=O) groups is 2. The zero-order valence-electron chi connectivity index (χ0n) is 10.7. The molecule has 5 heteroatoms. The van der Waals surface area contributed by atoms with Gasteiger partial charge in [-0.3, -0.25) is 4.79 Å². The number of halogens is 1. The number of anilines is 1. The van der Waals surface area contributed by atoms with Crippen molar-refractivity contribution in [1.29, 1.82) is 0 Å². The zero-order chi connectivity index (χ0) is 14.7. The normalized spacial score (nSPS) is 10.1. The fraction of sp³-hybridized carbons (Fsp3) is 0.0667. The van der Waals surface area contributed by atoms with Gasteiger partial charge in [-0.05, 0) is 42.8 Å². The zero-order valence-corrected chi connectivity index (χ0v) is 10.7. The van der Waals surface area contributed by atoms with E-state index in [1.807, 2.05) is 0 Å². The van der Waals surface area contributed by atoms with Gasteiger partial charge in [-0.1, -0.05) is 12.1 Å². The number of hydrogen-bond acceptors (Lipinski definition) is 2. The topological polar surface area (TPSA) is 66.4 Å². The summed E-state index contributed by atoms with van der Waals surface area (Å²) in [7, 11) is 0. The minimum Gasteiger partial charge on any atom is -0.478 e. The van der Waals surface area contributed by atoms with E-state index < -0.39 is 17.7 Å². The van der Waals surface area contributed by atoms with Crippen molar-refractivity contribution in [3.05, 3.63) is 65.0 Å². The van der Waals surface area contributed by atoms with Crippen molar-refractivity contribution in [2.75, 3.05) is 5.32 Å². The van der Waals surface area contributed by atoms with Gasteiger partial charge in [-0.15, -0.1) is 0 Å². The third-order valence-electron chi connectivity index (χ3n) is 2.83. The Hall–Kier alpha value is -2.69. The number of carboxylic acids is 1. The fourth-order valence-electron chi connectivity index (χ4n) is 1.76. The molecule has 0 spiro atoms. The number of carbonyl (C=O) groups excluding carboxylic acids is 1. The molecule has 0 aromatic heterocycles. The Morgan fingerprint density at radius 1 is 1.15 bits per heavy atom. The molecule has 2 aromatic carbocycles. The van der Waals surface area contributed by atoms with Crippen LogP contribution in [0.4, 0.5) is 10.1 Å². The Labute approximate surface area is 114 Å². The number of benzene rings is 2. The predicted molar refractivity (Wildman–Crippen MR) is 72.5 cm³/mol. The molecule has 2 N–H and O–H groups in total. The molecule has 0 fully saturated rings. The van der Waals surface area contributed by atoms with Crippen molar-refractivity contribution in [3.63, 3.8) is 0 Å². The number of rotatable bonds is 3. The minimum atomic E-state index is -1.13. The molecule has 0 saturated carbocycles. The molecule has 20 heavy (non-hydrogen) atoms. The lowest BCUT2D eigenvalue weighted by atomic mass is 10.1. The van der Waals surface area contributed by atoms with Gasteiger partial charge >= 0.3 is 5.97 Å². The van der Waals surface area contributed by atoms with Gasteiger partial charge < -0.3 is 10.4 Å². The summed E-state index contributed by atoms with van der Waals surface area (Å²) in [5, 5.41) is 11.5. The molecule has 0 aliphatic heterocycles. The maximum Gasteiger partial charge on any atom is 0.337 e. The van der Waals surface area contributed by atoms with Crippen LogP contribution in [0.2, 0.25) is 0 Å². The summed E-state index contributed by atoms with van der Waals surface area (Å²) < 4.78 is 13.1. The molecule has 0 aliphatic rings. The number of aromatic carboxylic acids is 1. The molecule has 0 atom stereocenters. The molecule has 0 unspecified atom stereocenters. The van der Waals surface area contributed by atoms with Crippen molar-refractivity contribution in [1.82, 2.24) is 0 Å². The molecule has 0 bridgehead atoms. The Morgan fingerprint density at radius 2 is 1.85 bits per heavy atom. The van der Waals surface area contributed by atoms with Gasteiger partial charge in [0.1, 0.15) is 5.82 Å². The first-order valence-electron chi connectivity index (χ1n) is 5.89. The van der Waals surface area contributed by atoms with Crippen LogP contribution in [0.5, 0.6) is 0 Å². The standard InChI is InChI=1S/C15H12FNO3/c1-9-8-10(6-7-12(9)16)14(18)17-13-5-3-2-4-11(13)15(19)20/h2-8H,1H3,(H,17,18)(H,19,20). The Balaban J connectivity index is 2.28. The molecule has 0 heterocycles. The van der Waals surface area contributed by atoms with Crippen LogP contribution < -0.4 is 5.32 Å². The summed E-state index contributed by atoms with van der Waals surface area (Å²) in [6.07, 6.45) is 0. The van der Waals surface area contributed by atoms with Crippen LogP contribution in [0.1, 0.15) is 26.3 Å². The van der Waals surface area contributed by atoms with Crippen LogP contribution in [-0.2, 0) is 0 Å². The van der Waals surface area contributed by atoms with Gasteiger partial charge in [-0.2, -0.15) is 0 Å². The van der Waals surface area contributed by atoms with Crippen molar-refractivity contribution < 1.29 is 19.1 Å². The van der Waals surface area contributed by atoms with Crippen molar-refractivity contribution in [2.24, 2.45) is 0 Å². The number of aryl methyl sites for hydroxylation is 1. The first-order chi connectivity index (χ1) is 9.49. The number of nitrogens with one attached hydrogen (secondary N) is 1. The third-order valence-corrected chi connectivity index (χ3v) is 2.83. The highest BCUT2D eigenvalue weighted by Gasteiger charge is 2.13. The summed E-state index contributed by atoms with van der Waals surface area (Å²) >= 11 is 0. The molecule has 0 radical (unpaired) electrons. The maximum absolute atomic E-state index is 13.1. The van der Waals surface area contributed by atoms with E-state index in [1.165, 1.54) is 30.3 Å². The van der Waals surface area contributed by atoms with Crippen LogP contribution in [0.3, 0.4) is 0 Å². The van der Waals surface area contributed by atoms with Crippen LogP contribution >= 0.6 is 0 Å². The summed E-state index contributed by atoms with van der Waals surface area (Å²) in [5.41, 5.74) is 0.819. The van der Waals surface area contributed by atoms with Crippen LogP contribution in [-0.4, -0.2) is 17.0 Å². The highest BCUT2D eigenvalue weighted by atomic mass is 19.1. The van der Waals surface area contributed by atoms with Gasteiger partial charge in [0.25, 0.3) is 5.91 Å². The van der Waals surface area contributed by atoms with Gasteiger partial charge in [0.05, 0.1) is 11.3 Å². The van der Waals surface area contributed by atoms with Crippen molar-refractivity contribution >= 4 is 17.6 Å². The number of para-hydroxylation sites is 1. The Bertz CT molecular complexity index is 683. The van der Waals surface area contributed by atoms with E-state index in [2.05, 4.69) is 5.32 Å². The monoisotopic (exact) mass is 273 g/mol. The lowest BCUT2D eigenvalue weighted by molar-refractivity contribution is 0.0698. The van der Waals surface area contributed by atoms with Gasteiger partial charge in [0.15, 0.2) is 0 Å². The molecule has 2 rings (SSSR count). The van der Waals surface area contributed by atoms with Crippen molar-refractivity contribution in [3.8, 4) is 0 Å². The second kappa shape index (κ2) is 5.52.